The summed E-state index contributed by atoms with van der Waals surface area (Å²) in [7, 11) is 1.53. The molecule has 5 aromatic rings. The number of aromatic nitrogens is 5. The third-order valence-electron chi connectivity index (χ3n) is 12.8. The van der Waals surface area contributed by atoms with Crippen LogP contribution in [0.2, 0.25) is 0 Å². The Morgan fingerprint density at radius 1 is 1.11 bits per heavy atom. The van der Waals surface area contributed by atoms with Crippen LogP contribution < -0.4 is 15.0 Å². The van der Waals surface area contributed by atoms with Crippen molar-refractivity contribution in [1.29, 1.82) is 0 Å². The third kappa shape index (κ3) is 7.35. The number of nitrogens with one attached hydrogen (secondary N) is 1. The quantitative estimate of drug-likeness (QED) is 0.0749. The maximum atomic E-state index is 14.6. The second-order valence-corrected chi connectivity index (χ2v) is 19.6. The molecule has 1 aromatic carbocycles. The monoisotopic (exact) mass is 936 g/mol. The van der Waals surface area contributed by atoms with Crippen LogP contribution >= 0.6 is 39.8 Å². The van der Waals surface area contributed by atoms with Gasteiger partial charge in [-0.2, -0.15) is 28.2 Å². The first-order valence-corrected chi connectivity index (χ1v) is 24.3. The molecule has 2 saturated carbocycles. The Balaban J connectivity index is 0.000000196. The Hall–Kier alpha value is -2.97. The van der Waals surface area contributed by atoms with Gasteiger partial charge in [0.25, 0.3) is 5.92 Å². The van der Waals surface area contributed by atoms with Crippen molar-refractivity contribution in [2.75, 3.05) is 44.7 Å². The van der Waals surface area contributed by atoms with E-state index < -0.39 is 17.7 Å². The van der Waals surface area contributed by atoms with E-state index in [1.54, 1.807) is 16.7 Å². The first kappa shape index (κ1) is 39.5. The molecular weight excluding hydrogens is 893 g/mol. The van der Waals surface area contributed by atoms with Crippen LogP contribution in [0.5, 0.6) is 6.01 Å². The number of ether oxygens (including phenoxy) is 1. The summed E-state index contributed by atoms with van der Waals surface area (Å²) in [5.41, 5.74) is 0.951. The molecule has 1 N–H and O–H groups in total. The van der Waals surface area contributed by atoms with E-state index in [4.69, 9.17) is 16.1 Å². The highest BCUT2D eigenvalue weighted by molar-refractivity contribution is 14.2. The molecule has 3 saturated heterocycles. The van der Waals surface area contributed by atoms with E-state index in [0.717, 1.165) is 67.9 Å². The molecule has 0 amide bonds. The normalized spacial score (nSPS) is 24.3. The molecule has 302 valence electrons. The van der Waals surface area contributed by atoms with Gasteiger partial charge >= 0.3 is 12.2 Å². The number of halogens is 6. The predicted octanol–water partition coefficient (Wildman–Crippen LogP) is 9.48. The van der Waals surface area contributed by atoms with Gasteiger partial charge in [0.05, 0.1) is 46.5 Å². The Morgan fingerprint density at radius 2 is 1.82 bits per heavy atom. The number of likely N-dealkylation sites (tertiary alicyclic amines) is 1. The number of benzene rings is 1. The fourth-order valence-electron chi connectivity index (χ4n) is 9.88. The van der Waals surface area contributed by atoms with E-state index in [-0.39, 0.29) is 41.5 Å². The number of rotatable bonds is 7. The zero-order valence-electron chi connectivity index (χ0n) is 31.6. The Labute approximate surface area is 346 Å². The van der Waals surface area contributed by atoms with Gasteiger partial charge in [-0.3, -0.25) is 4.98 Å². The number of hydrogen-bond donors (Lipinski definition) is 1. The van der Waals surface area contributed by atoms with Crippen LogP contribution in [0.25, 0.3) is 42.5 Å². The van der Waals surface area contributed by atoms with Crippen molar-refractivity contribution < 1.29 is 26.7 Å². The van der Waals surface area contributed by atoms with Crippen LogP contribution in [0.15, 0.2) is 24.5 Å². The van der Waals surface area contributed by atoms with Crippen LogP contribution in [0.3, 0.4) is 0 Å². The standard InChI is InChI=1S/C25H22F3IN7OPS.C15H21F2N/c1-11-7-16-15(8-31-36(16)38-29)17(19(11)25(26,27)28)20-21-14(5-6-30-20)18-22(33-24(37-2)34-23(18)39-21)35-9-12-3-4-13(10-35)32-12;1-2-3-12-8-14(9-12)4-6-18(7-5-14)11-13-10-15(13,16)17/h5-8,12-13,32,38H,3-4,9-10H2,1-2H3;1,12-13H,3-11H2. The van der Waals surface area contributed by atoms with Crippen molar-refractivity contribution in [2.45, 2.75) is 82.5 Å². The number of aryl methyl sites for hydroxylation is 1. The van der Waals surface area contributed by atoms with Gasteiger partial charge in [0.15, 0.2) is 0 Å². The van der Waals surface area contributed by atoms with Crippen LogP contribution in [-0.2, 0) is 6.18 Å². The number of pyridine rings is 1. The van der Waals surface area contributed by atoms with Crippen molar-refractivity contribution >= 4 is 76.8 Å². The third-order valence-corrected chi connectivity index (χ3v) is 15.8. The number of thiophene rings is 1. The summed E-state index contributed by atoms with van der Waals surface area (Å²) in [5, 5.41) is 10.1. The number of methoxy groups -OCH3 is 1. The van der Waals surface area contributed by atoms with Crippen molar-refractivity contribution in [3.05, 3.63) is 35.7 Å². The fourth-order valence-corrected chi connectivity index (χ4v) is 12.6. The molecule has 7 heterocycles. The van der Waals surface area contributed by atoms with E-state index in [0.29, 0.717) is 44.5 Å². The highest BCUT2D eigenvalue weighted by atomic mass is 127. The second-order valence-electron chi connectivity index (χ2n) is 16.6. The van der Waals surface area contributed by atoms with Gasteiger partial charge < -0.3 is 19.9 Å². The maximum absolute atomic E-state index is 14.6. The van der Waals surface area contributed by atoms with E-state index in [1.165, 1.54) is 57.3 Å². The zero-order chi connectivity index (χ0) is 39.9. The first-order valence-electron chi connectivity index (χ1n) is 19.4. The molecule has 5 aliphatic rings. The van der Waals surface area contributed by atoms with Gasteiger partial charge in [0, 0.05) is 73.0 Å². The molecule has 3 aliphatic heterocycles. The van der Waals surface area contributed by atoms with Crippen LogP contribution in [-0.4, -0.2) is 87.2 Å². The largest absolute Gasteiger partial charge is 0.467 e. The van der Waals surface area contributed by atoms with Crippen LogP contribution in [0.1, 0.15) is 62.5 Å². The summed E-state index contributed by atoms with van der Waals surface area (Å²) in [4.78, 5) is 19.1. The predicted molar refractivity (Wildman–Crippen MR) is 225 cm³/mol. The number of alkyl halides is 5. The number of piperidine rings is 1. The molecule has 4 atom stereocenters. The lowest BCUT2D eigenvalue weighted by Gasteiger charge is -2.52. The molecular formula is C40H43F5IN8OPS. The van der Waals surface area contributed by atoms with Gasteiger partial charge in [0.2, 0.25) is 0 Å². The Morgan fingerprint density at radius 3 is 2.46 bits per heavy atom. The number of nitrogens with zero attached hydrogens (tertiary/aromatic N) is 7. The minimum Gasteiger partial charge on any atom is -0.467 e. The average Bonchev–Trinajstić information content (AvgIpc) is 3.51. The Bertz CT molecular complexity index is 2370. The minimum absolute atomic E-state index is 0.0530. The zero-order valence-corrected chi connectivity index (χ0v) is 35.6. The molecule has 17 heteroatoms. The summed E-state index contributed by atoms with van der Waals surface area (Å²) < 4.78 is 77.4. The highest BCUT2D eigenvalue weighted by Gasteiger charge is 2.57. The van der Waals surface area contributed by atoms with Crippen LogP contribution in [0, 0.1) is 36.5 Å². The van der Waals surface area contributed by atoms with Crippen LogP contribution in [0.4, 0.5) is 27.8 Å². The molecule has 5 fully saturated rings. The molecule has 9 nitrogen and oxygen atoms in total. The molecule has 57 heavy (non-hydrogen) atoms. The van der Waals surface area contributed by atoms with Gasteiger partial charge in [-0.05, 0) is 110 Å². The number of anilines is 1. The summed E-state index contributed by atoms with van der Waals surface area (Å²) in [6.07, 6.45) is 12.3. The summed E-state index contributed by atoms with van der Waals surface area (Å²) in [6.45, 7) is 5.72. The number of terminal acetylenes is 1. The summed E-state index contributed by atoms with van der Waals surface area (Å²) in [5.74, 6) is 1.52. The van der Waals surface area contributed by atoms with Crippen molar-refractivity contribution in [2.24, 2.45) is 17.3 Å². The Kier molecular flexibility index (Phi) is 10.3. The van der Waals surface area contributed by atoms with E-state index in [1.807, 2.05) is 6.07 Å². The average molecular weight is 937 g/mol. The second kappa shape index (κ2) is 14.9. The van der Waals surface area contributed by atoms with E-state index >= 15 is 0 Å². The van der Waals surface area contributed by atoms with Crippen molar-refractivity contribution in [1.82, 2.24) is 34.7 Å². The van der Waals surface area contributed by atoms with Gasteiger partial charge in [0.1, 0.15) is 10.6 Å². The van der Waals surface area contributed by atoms with E-state index in [2.05, 4.69) is 58.1 Å². The van der Waals surface area contributed by atoms with Gasteiger partial charge in [-0.25, -0.2) is 13.2 Å². The molecule has 4 aromatic heterocycles. The SMILES string of the molecule is C#CCC1CC2(CCN(CC3CC3(F)F)CC2)C1.COc1nc(N2CC3CCC(C2)N3)c2c(n1)sc1c(-c3c(C(F)(F)F)c(C)cc4c3cnn4PI)nccc12. The summed E-state index contributed by atoms with van der Waals surface area (Å²) >= 11 is 3.50. The van der Waals surface area contributed by atoms with E-state index in [9.17, 15) is 22.0 Å². The fraction of sp³-hybridized carbons (Fsp3) is 0.550. The molecule has 2 bridgehead atoms. The highest BCUT2D eigenvalue weighted by Crippen LogP contribution is 2.55. The number of fused-ring (bicyclic) bond motifs is 6. The minimum atomic E-state index is -4.57. The molecule has 0 radical (unpaired) electrons. The molecule has 10 rings (SSSR count). The lowest BCUT2D eigenvalue weighted by Crippen LogP contribution is -2.51. The molecule has 4 unspecified atom stereocenters. The van der Waals surface area contributed by atoms with Crippen molar-refractivity contribution in [3.63, 3.8) is 0 Å². The molecule has 2 aliphatic carbocycles. The maximum Gasteiger partial charge on any atom is 0.417 e. The lowest BCUT2D eigenvalue weighted by molar-refractivity contribution is -0.137. The number of hydrogen-bond acceptors (Lipinski definition) is 9. The van der Waals surface area contributed by atoms with Gasteiger partial charge in [-0.15, -0.1) is 23.7 Å². The number of piperazine rings is 1. The topological polar surface area (TPSA) is 84.2 Å². The lowest BCUT2D eigenvalue weighted by atomic mass is 9.57. The smallest absolute Gasteiger partial charge is 0.417 e. The summed E-state index contributed by atoms with van der Waals surface area (Å²) in [6, 6.07) is 4.42. The first-order chi connectivity index (χ1) is 27.3. The molecule has 1 spiro atoms. The van der Waals surface area contributed by atoms with Crippen molar-refractivity contribution in [3.8, 4) is 29.6 Å². The van der Waals surface area contributed by atoms with Gasteiger partial charge in [-0.1, -0.05) is 0 Å².